The van der Waals surface area contributed by atoms with E-state index in [0.29, 0.717) is 5.41 Å². The molecule has 0 radical (unpaired) electrons. The summed E-state index contributed by atoms with van der Waals surface area (Å²) in [6.07, 6.45) is 12.1. The summed E-state index contributed by atoms with van der Waals surface area (Å²) in [5.41, 5.74) is 5.88. The summed E-state index contributed by atoms with van der Waals surface area (Å²) in [4.78, 5) is 0. The molecule has 0 aliphatic carbocycles. The number of para-hydroxylation sites is 2. The highest BCUT2D eigenvalue weighted by molar-refractivity contribution is 6.09. The van der Waals surface area contributed by atoms with Crippen molar-refractivity contribution in [1.82, 2.24) is 0 Å². The lowest BCUT2D eigenvalue weighted by molar-refractivity contribution is 0.356. The SMILES string of the molecule is CC(C)(C)CCCCCCCCCc1ccc(Nc2cccc3c2oc2ccccc23)cc1. The predicted octanol–water partition coefficient (Wildman–Crippen LogP) is 10.0. The lowest BCUT2D eigenvalue weighted by Gasteiger charge is -2.17. The van der Waals surface area contributed by atoms with Gasteiger partial charge in [0.15, 0.2) is 5.58 Å². The minimum atomic E-state index is 0.492. The van der Waals surface area contributed by atoms with Crippen LogP contribution in [-0.2, 0) is 6.42 Å². The van der Waals surface area contributed by atoms with Gasteiger partial charge in [-0.2, -0.15) is 0 Å². The lowest BCUT2D eigenvalue weighted by Crippen LogP contribution is -2.03. The van der Waals surface area contributed by atoms with Crippen molar-refractivity contribution in [3.63, 3.8) is 0 Å². The van der Waals surface area contributed by atoms with Crippen molar-refractivity contribution in [3.8, 4) is 0 Å². The Balaban J connectivity index is 1.22. The summed E-state index contributed by atoms with van der Waals surface area (Å²) in [7, 11) is 0. The number of fused-ring (bicyclic) bond motifs is 3. The van der Waals surface area contributed by atoms with Crippen LogP contribution in [0.1, 0.15) is 77.7 Å². The molecular weight excluding hydrogens is 402 g/mol. The number of rotatable bonds is 11. The fourth-order valence-corrected chi connectivity index (χ4v) is 4.62. The van der Waals surface area contributed by atoms with Crippen molar-refractivity contribution < 1.29 is 4.42 Å². The molecule has 2 nitrogen and oxygen atoms in total. The molecule has 0 saturated heterocycles. The molecule has 1 N–H and O–H groups in total. The van der Waals surface area contributed by atoms with Crippen LogP contribution in [0.4, 0.5) is 11.4 Å². The Kier molecular flexibility index (Phi) is 7.75. The van der Waals surface area contributed by atoms with E-state index in [1.54, 1.807) is 0 Å². The zero-order valence-electron chi connectivity index (χ0n) is 20.6. The van der Waals surface area contributed by atoms with Gasteiger partial charge in [0.1, 0.15) is 5.58 Å². The van der Waals surface area contributed by atoms with Crippen molar-refractivity contribution in [1.29, 1.82) is 0 Å². The van der Waals surface area contributed by atoms with Crippen LogP contribution in [0.2, 0.25) is 0 Å². The Bertz CT molecular complexity index is 1150. The van der Waals surface area contributed by atoms with Crippen LogP contribution >= 0.6 is 0 Å². The van der Waals surface area contributed by atoms with E-state index in [1.807, 2.05) is 12.1 Å². The second kappa shape index (κ2) is 10.9. The van der Waals surface area contributed by atoms with Gasteiger partial charge in [0.25, 0.3) is 0 Å². The minimum absolute atomic E-state index is 0.492. The number of unbranched alkanes of at least 4 members (excludes halogenated alkanes) is 6. The van der Waals surface area contributed by atoms with Gasteiger partial charge in [0.05, 0.1) is 5.69 Å². The van der Waals surface area contributed by atoms with E-state index in [-0.39, 0.29) is 0 Å². The van der Waals surface area contributed by atoms with Gasteiger partial charge in [-0.15, -0.1) is 0 Å². The molecule has 4 rings (SSSR count). The first-order chi connectivity index (χ1) is 16.0. The Morgan fingerprint density at radius 2 is 1.33 bits per heavy atom. The highest BCUT2D eigenvalue weighted by Crippen LogP contribution is 2.34. The number of aryl methyl sites for hydroxylation is 1. The number of nitrogens with one attached hydrogen (secondary N) is 1. The highest BCUT2D eigenvalue weighted by atomic mass is 16.3. The van der Waals surface area contributed by atoms with Crippen molar-refractivity contribution in [2.45, 2.75) is 78.6 Å². The maximum atomic E-state index is 6.14. The average molecular weight is 442 g/mol. The van der Waals surface area contributed by atoms with Gasteiger partial charge >= 0.3 is 0 Å². The van der Waals surface area contributed by atoms with E-state index < -0.39 is 0 Å². The maximum Gasteiger partial charge on any atom is 0.158 e. The average Bonchev–Trinajstić information content (AvgIpc) is 3.18. The second-order valence-corrected chi connectivity index (χ2v) is 10.6. The molecule has 0 unspecified atom stereocenters. The quantitative estimate of drug-likeness (QED) is 0.234. The third-order valence-electron chi connectivity index (χ3n) is 6.53. The molecule has 0 spiro atoms. The molecular formula is C31H39NO. The standard InChI is InChI=1S/C31H39NO/c1-31(2,3)23-12-8-6-4-5-7-9-14-24-19-21-25(22-20-24)32-28-17-13-16-27-26-15-10-11-18-29(26)33-30(27)28/h10-11,13,15-22,32H,4-9,12,14,23H2,1-3H3. The minimum Gasteiger partial charge on any atom is -0.454 e. The number of anilines is 2. The van der Waals surface area contributed by atoms with Gasteiger partial charge in [-0.25, -0.2) is 0 Å². The first-order valence-corrected chi connectivity index (χ1v) is 12.8. The van der Waals surface area contributed by atoms with Crippen LogP contribution in [-0.4, -0.2) is 0 Å². The van der Waals surface area contributed by atoms with Crippen LogP contribution in [0.5, 0.6) is 0 Å². The summed E-state index contributed by atoms with van der Waals surface area (Å²) < 4.78 is 6.14. The Labute approximate surface area is 199 Å². The molecule has 0 aliphatic heterocycles. The monoisotopic (exact) mass is 441 g/mol. The lowest BCUT2D eigenvalue weighted by atomic mass is 9.89. The first-order valence-electron chi connectivity index (χ1n) is 12.8. The molecule has 0 bridgehead atoms. The molecule has 1 heterocycles. The Morgan fingerprint density at radius 3 is 2.09 bits per heavy atom. The van der Waals surface area contributed by atoms with Gasteiger partial charge in [-0.3, -0.25) is 0 Å². The summed E-state index contributed by atoms with van der Waals surface area (Å²) in [6, 6.07) is 23.4. The third kappa shape index (κ3) is 6.63. The molecule has 174 valence electrons. The van der Waals surface area contributed by atoms with Crippen molar-refractivity contribution in [3.05, 3.63) is 72.3 Å². The molecule has 0 fully saturated rings. The van der Waals surface area contributed by atoms with Gasteiger partial charge < -0.3 is 9.73 Å². The van der Waals surface area contributed by atoms with Gasteiger partial charge in [-0.05, 0) is 54.5 Å². The third-order valence-corrected chi connectivity index (χ3v) is 6.53. The maximum absolute atomic E-state index is 6.14. The molecule has 1 aromatic heterocycles. The van der Waals surface area contributed by atoms with Crippen molar-refractivity contribution in [2.75, 3.05) is 5.32 Å². The van der Waals surface area contributed by atoms with Crippen molar-refractivity contribution in [2.24, 2.45) is 5.41 Å². The fourth-order valence-electron chi connectivity index (χ4n) is 4.62. The Morgan fingerprint density at radius 1 is 0.667 bits per heavy atom. The molecule has 0 aliphatic rings. The van der Waals surface area contributed by atoms with E-state index in [4.69, 9.17) is 4.42 Å². The summed E-state index contributed by atoms with van der Waals surface area (Å²) in [5, 5.41) is 5.87. The van der Waals surface area contributed by atoms with Crippen LogP contribution in [0.15, 0.2) is 71.1 Å². The first kappa shape index (κ1) is 23.4. The van der Waals surface area contributed by atoms with E-state index in [1.165, 1.54) is 63.4 Å². The van der Waals surface area contributed by atoms with E-state index >= 15 is 0 Å². The summed E-state index contributed by atoms with van der Waals surface area (Å²) in [5.74, 6) is 0. The van der Waals surface area contributed by atoms with Crippen LogP contribution in [0.25, 0.3) is 21.9 Å². The number of hydrogen-bond acceptors (Lipinski definition) is 2. The highest BCUT2D eigenvalue weighted by Gasteiger charge is 2.10. The van der Waals surface area contributed by atoms with Gasteiger partial charge in [0, 0.05) is 16.5 Å². The van der Waals surface area contributed by atoms with Crippen LogP contribution in [0.3, 0.4) is 0 Å². The largest absolute Gasteiger partial charge is 0.454 e. The number of furan rings is 1. The van der Waals surface area contributed by atoms with Crippen LogP contribution < -0.4 is 5.32 Å². The molecule has 2 heteroatoms. The normalized spacial score (nSPS) is 12.0. The number of benzene rings is 3. The topological polar surface area (TPSA) is 25.2 Å². The van der Waals surface area contributed by atoms with Crippen LogP contribution in [0, 0.1) is 5.41 Å². The smallest absolute Gasteiger partial charge is 0.158 e. The van der Waals surface area contributed by atoms with E-state index in [0.717, 1.165) is 33.3 Å². The molecule has 0 atom stereocenters. The second-order valence-electron chi connectivity index (χ2n) is 10.6. The summed E-state index contributed by atoms with van der Waals surface area (Å²) in [6.45, 7) is 7.03. The van der Waals surface area contributed by atoms with E-state index in [9.17, 15) is 0 Å². The number of hydrogen-bond donors (Lipinski definition) is 1. The fraction of sp³-hybridized carbons (Fsp3) is 0.419. The molecule has 4 aromatic rings. The van der Waals surface area contributed by atoms with Gasteiger partial charge in [0.2, 0.25) is 0 Å². The summed E-state index contributed by atoms with van der Waals surface area (Å²) >= 11 is 0. The molecule has 0 saturated carbocycles. The zero-order valence-corrected chi connectivity index (χ0v) is 20.6. The van der Waals surface area contributed by atoms with Crippen molar-refractivity contribution >= 4 is 33.3 Å². The molecule has 33 heavy (non-hydrogen) atoms. The van der Waals surface area contributed by atoms with Gasteiger partial charge in [-0.1, -0.05) is 102 Å². The zero-order chi connectivity index (χ0) is 23.1. The predicted molar refractivity (Wildman–Crippen MR) is 144 cm³/mol. The Hall–Kier alpha value is -2.74. The molecule has 3 aromatic carbocycles. The molecule has 0 amide bonds. The van der Waals surface area contributed by atoms with E-state index in [2.05, 4.69) is 80.7 Å².